The number of piperidine rings is 1. The van der Waals surface area contributed by atoms with Crippen LogP contribution in [0.25, 0.3) is 0 Å². The smallest absolute Gasteiger partial charge is 0.339 e. The number of anilines is 1. The molecular formula is C20H25N3O5. The lowest BCUT2D eigenvalue weighted by Crippen LogP contribution is -2.52. The Morgan fingerprint density at radius 3 is 2.36 bits per heavy atom. The van der Waals surface area contributed by atoms with Gasteiger partial charge in [-0.25, -0.2) is 14.6 Å². The molecule has 2 unspecified atom stereocenters. The Morgan fingerprint density at radius 2 is 1.71 bits per heavy atom. The molecule has 1 aromatic rings. The lowest BCUT2D eigenvalue weighted by Gasteiger charge is -2.39. The third-order valence-corrected chi connectivity index (χ3v) is 5.23. The van der Waals surface area contributed by atoms with Crippen LogP contribution in [0.2, 0.25) is 0 Å². The van der Waals surface area contributed by atoms with Crippen molar-refractivity contribution in [3.63, 3.8) is 0 Å². The van der Waals surface area contributed by atoms with Gasteiger partial charge in [0.1, 0.15) is 12.3 Å². The van der Waals surface area contributed by atoms with E-state index in [-0.39, 0.29) is 23.7 Å². The minimum Gasteiger partial charge on any atom is -0.492 e. The normalized spacial score (nSPS) is 22.8. The first-order valence-electron chi connectivity index (χ1n) is 9.59. The van der Waals surface area contributed by atoms with Gasteiger partial charge in [-0.15, -0.1) is 0 Å². The SMILES string of the molecule is CCOc1ccccc1N1C(=O)C(=O)N(CC(=O)N2C(C)CCCC2C)C1=O. The van der Waals surface area contributed by atoms with Gasteiger partial charge in [0.2, 0.25) is 5.91 Å². The minimum absolute atomic E-state index is 0.0366. The van der Waals surface area contributed by atoms with Crippen molar-refractivity contribution in [2.24, 2.45) is 0 Å². The van der Waals surface area contributed by atoms with Crippen LogP contribution in [0.3, 0.4) is 0 Å². The lowest BCUT2D eigenvalue weighted by atomic mass is 9.97. The summed E-state index contributed by atoms with van der Waals surface area (Å²) in [6.45, 7) is 5.59. The maximum atomic E-state index is 12.8. The summed E-state index contributed by atoms with van der Waals surface area (Å²) in [5.74, 6) is -1.98. The highest BCUT2D eigenvalue weighted by atomic mass is 16.5. The summed E-state index contributed by atoms with van der Waals surface area (Å²) in [7, 11) is 0. The topological polar surface area (TPSA) is 87.2 Å². The van der Waals surface area contributed by atoms with E-state index in [0.717, 1.165) is 29.1 Å². The fourth-order valence-electron chi connectivity index (χ4n) is 3.91. The standard InChI is InChI=1S/C20H25N3O5/c1-4-28-16-11-6-5-10-15(16)23-19(26)18(25)21(20(23)27)12-17(24)22-13(2)8-7-9-14(22)3/h5-6,10-11,13-14H,4,7-9,12H2,1-3H3. The van der Waals surface area contributed by atoms with Crippen molar-refractivity contribution in [1.29, 1.82) is 0 Å². The average molecular weight is 387 g/mol. The largest absolute Gasteiger partial charge is 0.492 e. The van der Waals surface area contributed by atoms with E-state index in [0.29, 0.717) is 12.4 Å². The van der Waals surface area contributed by atoms with Crippen LogP contribution in [0.15, 0.2) is 24.3 Å². The molecule has 8 nitrogen and oxygen atoms in total. The molecule has 2 saturated heterocycles. The zero-order chi connectivity index (χ0) is 20.4. The van der Waals surface area contributed by atoms with E-state index in [9.17, 15) is 19.2 Å². The molecule has 2 heterocycles. The molecule has 2 aliphatic heterocycles. The van der Waals surface area contributed by atoms with Crippen LogP contribution in [0.4, 0.5) is 10.5 Å². The summed E-state index contributed by atoms with van der Waals surface area (Å²) < 4.78 is 5.47. The molecule has 3 rings (SSSR count). The van der Waals surface area contributed by atoms with Gasteiger partial charge >= 0.3 is 17.8 Å². The van der Waals surface area contributed by atoms with Crippen LogP contribution < -0.4 is 9.64 Å². The highest BCUT2D eigenvalue weighted by Crippen LogP contribution is 2.32. The van der Waals surface area contributed by atoms with Gasteiger partial charge in [0.25, 0.3) is 0 Å². The highest BCUT2D eigenvalue weighted by Gasteiger charge is 2.47. The molecule has 1 aromatic carbocycles. The van der Waals surface area contributed by atoms with Crippen molar-refractivity contribution in [2.45, 2.75) is 52.1 Å². The maximum Gasteiger partial charge on any atom is 0.339 e. The predicted molar refractivity (Wildman–Crippen MR) is 102 cm³/mol. The van der Waals surface area contributed by atoms with Crippen LogP contribution in [-0.2, 0) is 14.4 Å². The molecule has 8 heteroatoms. The van der Waals surface area contributed by atoms with Gasteiger partial charge in [0.15, 0.2) is 0 Å². The third kappa shape index (κ3) is 3.46. The molecule has 150 valence electrons. The Bertz CT molecular complexity index is 799. The number of para-hydroxylation sites is 2. The third-order valence-electron chi connectivity index (χ3n) is 5.23. The van der Waals surface area contributed by atoms with Crippen molar-refractivity contribution in [3.8, 4) is 5.75 Å². The van der Waals surface area contributed by atoms with Crippen LogP contribution in [-0.4, -0.2) is 58.8 Å². The summed E-state index contributed by atoms with van der Waals surface area (Å²) in [4.78, 5) is 53.8. The molecular weight excluding hydrogens is 362 g/mol. The summed E-state index contributed by atoms with van der Waals surface area (Å²) >= 11 is 0. The van der Waals surface area contributed by atoms with Crippen molar-refractivity contribution in [3.05, 3.63) is 24.3 Å². The van der Waals surface area contributed by atoms with Gasteiger partial charge in [-0.3, -0.25) is 14.4 Å². The molecule has 28 heavy (non-hydrogen) atoms. The summed E-state index contributed by atoms with van der Waals surface area (Å²) in [5.41, 5.74) is 0.197. The van der Waals surface area contributed by atoms with E-state index in [2.05, 4.69) is 0 Å². The summed E-state index contributed by atoms with van der Waals surface area (Å²) in [5, 5.41) is 0. The fraction of sp³-hybridized carbons (Fsp3) is 0.500. The fourth-order valence-corrected chi connectivity index (χ4v) is 3.91. The average Bonchev–Trinajstić information content (AvgIpc) is 2.86. The van der Waals surface area contributed by atoms with E-state index < -0.39 is 24.4 Å². The second kappa shape index (κ2) is 8.00. The van der Waals surface area contributed by atoms with Crippen LogP contribution in [0, 0.1) is 0 Å². The van der Waals surface area contributed by atoms with E-state index >= 15 is 0 Å². The molecule has 5 amide bonds. The quantitative estimate of drug-likeness (QED) is 0.571. The number of imide groups is 2. The first kappa shape index (κ1) is 19.9. The minimum atomic E-state index is -0.998. The Labute approximate surface area is 164 Å². The lowest BCUT2D eigenvalue weighted by molar-refractivity contribution is -0.144. The number of ether oxygens (including phenoxy) is 1. The molecule has 0 N–H and O–H groups in total. The van der Waals surface area contributed by atoms with E-state index in [1.165, 1.54) is 6.07 Å². The molecule has 0 aliphatic carbocycles. The monoisotopic (exact) mass is 387 g/mol. The maximum absolute atomic E-state index is 12.8. The Hall–Kier alpha value is -2.90. The zero-order valence-corrected chi connectivity index (χ0v) is 16.4. The van der Waals surface area contributed by atoms with E-state index in [1.54, 1.807) is 30.0 Å². The molecule has 2 aliphatic rings. The van der Waals surface area contributed by atoms with Crippen LogP contribution in [0.1, 0.15) is 40.0 Å². The number of urea groups is 1. The number of amides is 5. The van der Waals surface area contributed by atoms with Gasteiger partial charge in [-0.05, 0) is 52.2 Å². The van der Waals surface area contributed by atoms with E-state index in [4.69, 9.17) is 4.74 Å². The van der Waals surface area contributed by atoms with Gasteiger partial charge in [0, 0.05) is 12.1 Å². The first-order chi connectivity index (χ1) is 13.4. The number of carbonyl (C=O) groups is 4. The number of benzene rings is 1. The zero-order valence-electron chi connectivity index (χ0n) is 16.4. The number of carbonyl (C=O) groups excluding carboxylic acids is 4. The van der Waals surface area contributed by atoms with Crippen molar-refractivity contribution >= 4 is 29.4 Å². The molecule has 0 radical (unpaired) electrons. The number of nitrogens with zero attached hydrogens (tertiary/aromatic N) is 3. The second-order valence-electron chi connectivity index (χ2n) is 7.15. The molecule has 2 atom stereocenters. The summed E-state index contributed by atoms with van der Waals surface area (Å²) in [6.07, 6.45) is 2.80. The number of hydrogen-bond acceptors (Lipinski definition) is 5. The molecule has 0 spiro atoms. The molecule has 0 bridgehead atoms. The number of hydrogen-bond donors (Lipinski definition) is 0. The number of likely N-dealkylation sites (tertiary alicyclic amines) is 1. The van der Waals surface area contributed by atoms with Gasteiger partial charge < -0.3 is 9.64 Å². The first-order valence-corrected chi connectivity index (χ1v) is 9.59. The van der Waals surface area contributed by atoms with Gasteiger partial charge in [0.05, 0.1) is 12.3 Å². The second-order valence-corrected chi connectivity index (χ2v) is 7.15. The van der Waals surface area contributed by atoms with Gasteiger partial charge in [-0.2, -0.15) is 0 Å². The van der Waals surface area contributed by atoms with Crippen molar-refractivity contribution < 1.29 is 23.9 Å². The molecule has 0 aromatic heterocycles. The van der Waals surface area contributed by atoms with Crippen molar-refractivity contribution in [1.82, 2.24) is 9.80 Å². The Morgan fingerprint density at radius 1 is 1.07 bits per heavy atom. The number of rotatable bonds is 5. The Kier molecular flexibility index (Phi) is 5.67. The van der Waals surface area contributed by atoms with E-state index in [1.807, 2.05) is 13.8 Å². The Balaban J connectivity index is 1.83. The molecule has 0 saturated carbocycles. The predicted octanol–water partition coefficient (Wildman–Crippen LogP) is 2.17. The molecule has 2 fully saturated rings. The highest BCUT2D eigenvalue weighted by molar-refractivity contribution is 6.53. The van der Waals surface area contributed by atoms with Gasteiger partial charge in [-0.1, -0.05) is 12.1 Å². The van der Waals surface area contributed by atoms with Crippen LogP contribution in [0.5, 0.6) is 5.75 Å². The van der Waals surface area contributed by atoms with Crippen molar-refractivity contribution in [2.75, 3.05) is 18.1 Å². The summed E-state index contributed by atoms with van der Waals surface area (Å²) in [6, 6.07) is 5.76. The van der Waals surface area contributed by atoms with Crippen LogP contribution >= 0.6 is 0 Å².